The Kier molecular flexibility index (Phi) is 5.30. The van der Waals surface area contributed by atoms with Gasteiger partial charge in [-0.15, -0.1) is 0 Å². The summed E-state index contributed by atoms with van der Waals surface area (Å²) in [7, 11) is -3.59. The van der Waals surface area contributed by atoms with Gasteiger partial charge in [-0.2, -0.15) is 22.0 Å². The number of hydrogen-bond donors (Lipinski definition) is 0. The highest BCUT2D eigenvalue weighted by atomic mass is 32.2. The molecule has 2 heterocycles. The summed E-state index contributed by atoms with van der Waals surface area (Å²) in [6.45, 7) is -1.89. The minimum Gasteiger partial charge on any atom is -0.485 e. The largest absolute Gasteiger partial charge is 0.485 e. The zero-order valence-electron chi connectivity index (χ0n) is 14.3. The van der Waals surface area contributed by atoms with E-state index >= 15 is 0 Å². The average molecular weight is 422 g/mol. The maximum absolute atomic E-state index is 12.9. The van der Waals surface area contributed by atoms with Crippen LogP contribution in [0.2, 0.25) is 0 Å². The number of nitrogens with zero attached hydrogens (tertiary/aromatic N) is 2. The molecule has 1 saturated carbocycles. The smallest absolute Gasteiger partial charge is 0.456 e. The molecule has 28 heavy (non-hydrogen) atoms. The van der Waals surface area contributed by atoms with E-state index in [0.717, 1.165) is 25.1 Å². The summed E-state index contributed by atoms with van der Waals surface area (Å²) >= 11 is 0. The topological polar surface area (TPSA) is 69.2 Å². The van der Waals surface area contributed by atoms with E-state index in [-0.39, 0.29) is 33.7 Å². The van der Waals surface area contributed by atoms with Crippen molar-refractivity contribution in [3.05, 3.63) is 36.7 Å². The van der Waals surface area contributed by atoms with Gasteiger partial charge in [0, 0.05) is 6.20 Å². The Balaban J connectivity index is 1.79. The third kappa shape index (κ3) is 4.57. The van der Waals surface area contributed by atoms with Crippen LogP contribution in [0, 0.1) is 5.92 Å². The number of pyridine rings is 2. The van der Waals surface area contributed by atoms with Gasteiger partial charge in [0.15, 0.2) is 16.4 Å². The standard InChI is InChI=1S/C17H15F5N2O3S/c18-16(19,17(20,21)22)10-27-12-5-6-13(24-8-12)15-14(2-1-7-23-15)28(25,26)9-11-3-4-11/h1-2,5-8,11H,3-4,9-10H2. The summed E-state index contributed by atoms with van der Waals surface area (Å²) in [5.74, 6) is -5.20. The quantitative estimate of drug-likeness (QED) is 0.633. The predicted octanol–water partition coefficient (Wildman–Crippen LogP) is 3.90. The van der Waals surface area contributed by atoms with Gasteiger partial charge in [-0.25, -0.2) is 8.42 Å². The van der Waals surface area contributed by atoms with Crippen LogP contribution in [-0.4, -0.2) is 42.8 Å². The first-order chi connectivity index (χ1) is 13.0. The molecule has 2 aromatic rings. The second-order valence-electron chi connectivity index (χ2n) is 6.44. The third-order valence-corrected chi connectivity index (χ3v) is 5.98. The molecule has 3 rings (SSSR count). The van der Waals surface area contributed by atoms with Gasteiger partial charge in [0.2, 0.25) is 0 Å². The normalized spacial score (nSPS) is 15.5. The van der Waals surface area contributed by atoms with Crippen molar-refractivity contribution in [2.45, 2.75) is 29.8 Å². The van der Waals surface area contributed by atoms with Crippen molar-refractivity contribution in [2.75, 3.05) is 12.4 Å². The maximum Gasteiger partial charge on any atom is 0.456 e. The molecule has 152 valence electrons. The van der Waals surface area contributed by atoms with Crippen molar-refractivity contribution in [3.63, 3.8) is 0 Å². The first-order valence-corrected chi connectivity index (χ1v) is 9.86. The molecular weight excluding hydrogens is 407 g/mol. The molecule has 1 fully saturated rings. The summed E-state index contributed by atoms with van der Waals surface area (Å²) in [5, 5.41) is 0. The molecule has 0 radical (unpaired) electrons. The Hall–Kier alpha value is -2.30. The second kappa shape index (κ2) is 7.26. The lowest BCUT2D eigenvalue weighted by atomic mass is 10.2. The van der Waals surface area contributed by atoms with E-state index in [0.29, 0.717) is 0 Å². The van der Waals surface area contributed by atoms with Crippen LogP contribution in [0.4, 0.5) is 22.0 Å². The van der Waals surface area contributed by atoms with Gasteiger partial charge >= 0.3 is 12.1 Å². The Bertz CT molecular complexity index is 942. The van der Waals surface area contributed by atoms with Gasteiger partial charge in [0.1, 0.15) is 11.4 Å². The van der Waals surface area contributed by atoms with Crippen LogP contribution in [0.3, 0.4) is 0 Å². The van der Waals surface area contributed by atoms with Crippen LogP contribution in [0.15, 0.2) is 41.6 Å². The van der Waals surface area contributed by atoms with Gasteiger partial charge in [-0.1, -0.05) is 0 Å². The van der Waals surface area contributed by atoms with E-state index in [1.165, 1.54) is 24.4 Å². The van der Waals surface area contributed by atoms with Gasteiger partial charge in [-0.05, 0) is 43.0 Å². The first-order valence-electron chi connectivity index (χ1n) is 8.21. The van der Waals surface area contributed by atoms with Crippen LogP contribution in [-0.2, 0) is 9.84 Å². The zero-order valence-corrected chi connectivity index (χ0v) is 15.1. The van der Waals surface area contributed by atoms with E-state index in [1.807, 2.05) is 0 Å². The molecule has 1 aliphatic carbocycles. The van der Waals surface area contributed by atoms with Crippen molar-refractivity contribution in [1.29, 1.82) is 0 Å². The number of rotatable bonds is 7. The average Bonchev–Trinajstić information content (AvgIpc) is 3.43. The molecular formula is C17H15F5N2O3S. The Morgan fingerprint density at radius 2 is 1.79 bits per heavy atom. The minimum atomic E-state index is -5.72. The molecule has 0 bridgehead atoms. The monoisotopic (exact) mass is 422 g/mol. The lowest BCUT2D eigenvalue weighted by Gasteiger charge is -2.19. The molecule has 0 atom stereocenters. The number of halogens is 5. The summed E-state index contributed by atoms with van der Waals surface area (Å²) < 4.78 is 91.9. The van der Waals surface area contributed by atoms with E-state index in [4.69, 9.17) is 0 Å². The minimum absolute atomic E-state index is 0.000582. The zero-order chi connectivity index (χ0) is 20.6. The van der Waals surface area contributed by atoms with Crippen LogP contribution in [0.25, 0.3) is 11.4 Å². The van der Waals surface area contributed by atoms with E-state index < -0.39 is 28.5 Å². The van der Waals surface area contributed by atoms with Crippen LogP contribution in [0.5, 0.6) is 5.75 Å². The predicted molar refractivity (Wildman–Crippen MR) is 88.7 cm³/mol. The molecule has 0 unspecified atom stereocenters. The second-order valence-corrected chi connectivity index (χ2v) is 8.45. The van der Waals surface area contributed by atoms with Crippen LogP contribution >= 0.6 is 0 Å². The van der Waals surface area contributed by atoms with Crippen molar-refractivity contribution < 1.29 is 35.1 Å². The Labute approximate surface area is 157 Å². The molecule has 11 heteroatoms. The van der Waals surface area contributed by atoms with Crippen LogP contribution < -0.4 is 4.74 Å². The highest BCUT2D eigenvalue weighted by molar-refractivity contribution is 7.91. The summed E-state index contributed by atoms with van der Waals surface area (Å²) in [4.78, 5) is 7.93. The SMILES string of the molecule is O=S(=O)(CC1CC1)c1cccnc1-c1ccc(OCC(F)(F)C(F)(F)F)cn1. The van der Waals surface area contributed by atoms with Gasteiger partial charge in [-0.3, -0.25) is 9.97 Å². The van der Waals surface area contributed by atoms with Crippen molar-refractivity contribution in [3.8, 4) is 17.1 Å². The van der Waals surface area contributed by atoms with Crippen LogP contribution in [0.1, 0.15) is 12.8 Å². The van der Waals surface area contributed by atoms with E-state index in [2.05, 4.69) is 14.7 Å². The van der Waals surface area contributed by atoms with Gasteiger partial charge in [0.25, 0.3) is 0 Å². The molecule has 0 aromatic carbocycles. The molecule has 1 aliphatic rings. The molecule has 2 aromatic heterocycles. The van der Waals surface area contributed by atoms with Gasteiger partial charge < -0.3 is 4.74 Å². The Morgan fingerprint density at radius 1 is 1.07 bits per heavy atom. The van der Waals surface area contributed by atoms with Crippen molar-refractivity contribution >= 4 is 9.84 Å². The lowest BCUT2D eigenvalue weighted by molar-refractivity contribution is -0.290. The molecule has 0 spiro atoms. The first kappa shape index (κ1) is 20.4. The summed E-state index contributed by atoms with van der Waals surface area (Å²) in [6, 6.07) is 5.25. The highest BCUT2D eigenvalue weighted by Crippen LogP contribution is 2.36. The number of alkyl halides is 5. The fourth-order valence-corrected chi connectivity index (χ4v) is 4.25. The summed E-state index contributed by atoms with van der Waals surface area (Å²) in [5.41, 5.74) is 0.209. The maximum atomic E-state index is 12.9. The van der Waals surface area contributed by atoms with E-state index in [1.54, 1.807) is 0 Å². The fourth-order valence-electron chi connectivity index (χ4n) is 2.38. The van der Waals surface area contributed by atoms with Crippen molar-refractivity contribution in [1.82, 2.24) is 9.97 Å². The molecule has 0 aliphatic heterocycles. The Morgan fingerprint density at radius 3 is 2.36 bits per heavy atom. The molecule has 0 amide bonds. The number of aromatic nitrogens is 2. The van der Waals surface area contributed by atoms with Crippen molar-refractivity contribution in [2.24, 2.45) is 5.92 Å². The number of hydrogen-bond acceptors (Lipinski definition) is 5. The fraction of sp³-hybridized carbons (Fsp3) is 0.412. The number of ether oxygens (including phenoxy) is 1. The molecule has 0 saturated heterocycles. The highest BCUT2D eigenvalue weighted by Gasteiger charge is 2.58. The lowest BCUT2D eigenvalue weighted by Crippen LogP contribution is -2.41. The molecule has 0 N–H and O–H groups in total. The third-order valence-electron chi connectivity index (χ3n) is 4.07. The van der Waals surface area contributed by atoms with Gasteiger partial charge in [0.05, 0.1) is 22.5 Å². The summed E-state index contributed by atoms with van der Waals surface area (Å²) in [6.07, 6.45) is -1.71. The van der Waals surface area contributed by atoms with E-state index in [9.17, 15) is 30.4 Å². The molecule has 5 nitrogen and oxygen atoms in total. The number of sulfone groups is 1.